The van der Waals surface area contributed by atoms with Crippen molar-refractivity contribution in [2.45, 2.75) is 0 Å². The number of hydrogen-bond donors (Lipinski definition) is 1. The Kier molecular flexibility index (Phi) is 2.91. The van der Waals surface area contributed by atoms with Crippen LogP contribution in [0.5, 0.6) is 0 Å². The molecule has 0 saturated heterocycles. The standard InChI is InChI=1S/C16H10FNO2/c17-13-4-2-1-3-12(13)14-8-7-10-5-6-11(16(19)20)9-15(10)18-14/h1-9H,(H,19,20). The predicted octanol–water partition coefficient (Wildman–Crippen LogP) is 3.74. The lowest BCUT2D eigenvalue weighted by molar-refractivity contribution is 0.0697. The van der Waals surface area contributed by atoms with E-state index in [1.807, 2.05) is 0 Å². The molecule has 0 radical (unpaired) electrons. The number of fused-ring (bicyclic) bond motifs is 1. The van der Waals surface area contributed by atoms with Crippen molar-refractivity contribution >= 4 is 16.9 Å². The van der Waals surface area contributed by atoms with Crippen LogP contribution in [-0.2, 0) is 0 Å². The van der Waals surface area contributed by atoms with Crippen molar-refractivity contribution in [1.29, 1.82) is 0 Å². The second-order valence-electron chi connectivity index (χ2n) is 4.39. The number of aromatic nitrogens is 1. The van der Waals surface area contributed by atoms with Crippen LogP contribution >= 0.6 is 0 Å². The molecular weight excluding hydrogens is 257 g/mol. The second-order valence-corrected chi connectivity index (χ2v) is 4.39. The van der Waals surface area contributed by atoms with Crippen LogP contribution in [0.4, 0.5) is 4.39 Å². The summed E-state index contributed by atoms with van der Waals surface area (Å²) in [6.07, 6.45) is 0. The number of pyridine rings is 1. The highest BCUT2D eigenvalue weighted by Gasteiger charge is 2.08. The molecule has 0 atom stereocenters. The Bertz CT molecular complexity index is 814. The Morgan fingerprint density at radius 3 is 2.55 bits per heavy atom. The first-order chi connectivity index (χ1) is 9.65. The molecule has 0 spiro atoms. The van der Waals surface area contributed by atoms with Gasteiger partial charge in [-0.05, 0) is 30.3 Å². The third-order valence-corrected chi connectivity index (χ3v) is 3.09. The maximum absolute atomic E-state index is 13.7. The molecule has 2 aromatic carbocycles. The maximum Gasteiger partial charge on any atom is 0.335 e. The molecule has 3 rings (SSSR count). The van der Waals surface area contributed by atoms with Crippen LogP contribution in [-0.4, -0.2) is 16.1 Å². The van der Waals surface area contributed by atoms with Gasteiger partial charge in [0.2, 0.25) is 0 Å². The van der Waals surface area contributed by atoms with E-state index in [0.29, 0.717) is 16.8 Å². The molecule has 0 amide bonds. The first kappa shape index (κ1) is 12.3. The van der Waals surface area contributed by atoms with Crippen molar-refractivity contribution in [3.8, 4) is 11.3 Å². The summed E-state index contributed by atoms with van der Waals surface area (Å²) in [7, 11) is 0. The zero-order chi connectivity index (χ0) is 14.1. The Morgan fingerprint density at radius 1 is 1.05 bits per heavy atom. The minimum absolute atomic E-state index is 0.163. The number of rotatable bonds is 2. The highest BCUT2D eigenvalue weighted by atomic mass is 19.1. The summed E-state index contributed by atoms with van der Waals surface area (Å²) < 4.78 is 13.7. The van der Waals surface area contributed by atoms with Gasteiger partial charge in [-0.1, -0.05) is 24.3 Å². The topological polar surface area (TPSA) is 50.2 Å². The van der Waals surface area contributed by atoms with Gasteiger partial charge < -0.3 is 5.11 Å². The van der Waals surface area contributed by atoms with E-state index in [1.54, 1.807) is 36.4 Å². The van der Waals surface area contributed by atoms with Gasteiger partial charge >= 0.3 is 5.97 Å². The Morgan fingerprint density at radius 2 is 1.80 bits per heavy atom. The number of benzene rings is 2. The molecule has 1 aromatic heterocycles. The molecule has 4 heteroatoms. The van der Waals surface area contributed by atoms with E-state index in [1.165, 1.54) is 18.2 Å². The third-order valence-electron chi connectivity index (χ3n) is 3.09. The van der Waals surface area contributed by atoms with Crippen LogP contribution in [0.2, 0.25) is 0 Å². The van der Waals surface area contributed by atoms with E-state index in [9.17, 15) is 9.18 Å². The van der Waals surface area contributed by atoms with Crippen LogP contribution in [0.15, 0.2) is 54.6 Å². The minimum atomic E-state index is -1.01. The number of carbonyl (C=O) groups is 1. The van der Waals surface area contributed by atoms with Crippen LogP contribution in [0, 0.1) is 5.82 Å². The molecule has 3 nitrogen and oxygen atoms in total. The maximum atomic E-state index is 13.7. The van der Waals surface area contributed by atoms with Gasteiger partial charge in [-0.3, -0.25) is 0 Å². The molecule has 98 valence electrons. The summed E-state index contributed by atoms with van der Waals surface area (Å²) in [5, 5.41) is 9.80. The fourth-order valence-electron chi connectivity index (χ4n) is 2.07. The number of carboxylic acids is 1. The number of hydrogen-bond acceptors (Lipinski definition) is 2. The molecule has 0 aliphatic heterocycles. The van der Waals surface area contributed by atoms with Crippen molar-refractivity contribution in [3.05, 3.63) is 66.0 Å². The van der Waals surface area contributed by atoms with E-state index in [-0.39, 0.29) is 11.4 Å². The summed E-state index contributed by atoms with van der Waals surface area (Å²) in [5.74, 6) is -1.36. The largest absolute Gasteiger partial charge is 0.478 e. The number of nitrogens with zero attached hydrogens (tertiary/aromatic N) is 1. The third kappa shape index (κ3) is 2.12. The first-order valence-corrected chi connectivity index (χ1v) is 6.04. The van der Waals surface area contributed by atoms with E-state index >= 15 is 0 Å². The van der Waals surface area contributed by atoms with E-state index in [0.717, 1.165) is 5.39 Å². The molecule has 3 aromatic rings. The SMILES string of the molecule is O=C(O)c1ccc2ccc(-c3ccccc3F)nc2c1. The number of aromatic carboxylic acids is 1. The summed E-state index contributed by atoms with van der Waals surface area (Å²) >= 11 is 0. The molecule has 20 heavy (non-hydrogen) atoms. The molecule has 0 aliphatic carbocycles. The van der Waals surface area contributed by atoms with Crippen LogP contribution < -0.4 is 0 Å². The highest BCUT2D eigenvalue weighted by molar-refractivity contribution is 5.93. The van der Waals surface area contributed by atoms with Gasteiger partial charge in [-0.2, -0.15) is 0 Å². The van der Waals surface area contributed by atoms with E-state index in [4.69, 9.17) is 5.11 Å². The smallest absolute Gasteiger partial charge is 0.335 e. The van der Waals surface area contributed by atoms with Crippen LogP contribution in [0.25, 0.3) is 22.2 Å². The first-order valence-electron chi connectivity index (χ1n) is 6.04. The van der Waals surface area contributed by atoms with Crippen molar-refractivity contribution in [2.24, 2.45) is 0 Å². The fraction of sp³-hybridized carbons (Fsp3) is 0. The van der Waals surface area contributed by atoms with Gasteiger partial charge in [-0.25, -0.2) is 14.2 Å². The predicted molar refractivity (Wildman–Crippen MR) is 74.1 cm³/mol. The van der Waals surface area contributed by atoms with E-state index in [2.05, 4.69) is 4.98 Å². The van der Waals surface area contributed by atoms with Crippen molar-refractivity contribution in [3.63, 3.8) is 0 Å². The van der Waals surface area contributed by atoms with Gasteiger partial charge in [0, 0.05) is 10.9 Å². The zero-order valence-electron chi connectivity index (χ0n) is 10.4. The van der Waals surface area contributed by atoms with E-state index < -0.39 is 5.97 Å². The van der Waals surface area contributed by atoms with Crippen LogP contribution in [0.3, 0.4) is 0 Å². The normalized spacial score (nSPS) is 10.7. The van der Waals surface area contributed by atoms with Gasteiger partial charge in [-0.15, -0.1) is 0 Å². The minimum Gasteiger partial charge on any atom is -0.478 e. The summed E-state index contributed by atoms with van der Waals surface area (Å²) in [4.78, 5) is 15.3. The lowest BCUT2D eigenvalue weighted by Crippen LogP contribution is -1.96. The average molecular weight is 267 g/mol. The Hall–Kier alpha value is -2.75. The molecule has 1 heterocycles. The molecule has 0 unspecified atom stereocenters. The summed E-state index contributed by atoms with van der Waals surface area (Å²) in [6, 6.07) is 14.6. The number of halogens is 1. The monoisotopic (exact) mass is 267 g/mol. The fourth-order valence-corrected chi connectivity index (χ4v) is 2.07. The van der Waals surface area contributed by atoms with Crippen LogP contribution in [0.1, 0.15) is 10.4 Å². The van der Waals surface area contributed by atoms with Crippen molar-refractivity contribution in [2.75, 3.05) is 0 Å². The van der Waals surface area contributed by atoms with Gasteiger partial charge in [0.15, 0.2) is 0 Å². The average Bonchev–Trinajstić information content (AvgIpc) is 2.46. The lowest BCUT2D eigenvalue weighted by Gasteiger charge is -2.05. The quantitative estimate of drug-likeness (QED) is 0.769. The van der Waals surface area contributed by atoms with Gasteiger partial charge in [0.05, 0.1) is 16.8 Å². The molecule has 0 bridgehead atoms. The molecular formula is C16H10FNO2. The summed E-state index contributed by atoms with van der Waals surface area (Å²) in [5.41, 5.74) is 1.58. The van der Waals surface area contributed by atoms with Gasteiger partial charge in [0.1, 0.15) is 5.82 Å². The van der Waals surface area contributed by atoms with Crippen molar-refractivity contribution < 1.29 is 14.3 Å². The van der Waals surface area contributed by atoms with Crippen molar-refractivity contribution in [1.82, 2.24) is 4.98 Å². The molecule has 1 N–H and O–H groups in total. The second kappa shape index (κ2) is 4.74. The zero-order valence-corrected chi connectivity index (χ0v) is 10.4. The Labute approximate surface area is 114 Å². The number of carboxylic acid groups (broad SMARTS) is 1. The Balaban J connectivity index is 2.19. The van der Waals surface area contributed by atoms with Gasteiger partial charge in [0.25, 0.3) is 0 Å². The molecule has 0 saturated carbocycles. The lowest BCUT2D eigenvalue weighted by atomic mass is 10.1. The highest BCUT2D eigenvalue weighted by Crippen LogP contribution is 2.23. The molecule has 0 fully saturated rings. The molecule has 0 aliphatic rings. The summed E-state index contributed by atoms with van der Waals surface area (Å²) in [6.45, 7) is 0.